The van der Waals surface area contributed by atoms with Crippen molar-refractivity contribution in [2.45, 2.75) is 6.42 Å². The number of nitrogens with zero attached hydrogens (tertiary/aromatic N) is 1. The van der Waals surface area contributed by atoms with Gasteiger partial charge in [0.05, 0.1) is 34.0 Å². The fraction of sp³-hybridized carbons (Fsp3) is 0.292. The maximum atomic E-state index is 12.6. The van der Waals surface area contributed by atoms with E-state index in [2.05, 4.69) is 6.08 Å². The minimum atomic E-state index is -0.0187. The summed E-state index contributed by atoms with van der Waals surface area (Å²) >= 11 is 0. The first-order valence-corrected chi connectivity index (χ1v) is 9.70. The summed E-state index contributed by atoms with van der Waals surface area (Å²) in [5, 5.41) is 0. The van der Waals surface area contributed by atoms with E-state index in [1.165, 1.54) is 0 Å². The lowest BCUT2D eigenvalue weighted by molar-refractivity contribution is -0.125. The summed E-state index contributed by atoms with van der Waals surface area (Å²) in [6, 6.07) is 11.3. The van der Waals surface area contributed by atoms with Crippen LogP contribution in [0, 0.1) is 0 Å². The van der Waals surface area contributed by atoms with Crippen molar-refractivity contribution in [2.75, 3.05) is 41.5 Å². The van der Waals surface area contributed by atoms with Gasteiger partial charge >= 0.3 is 0 Å². The summed E-state index contributed by atoms with van der Waals surface area (Å²) in [6.45, 7) is 1.15. The maximum absolute atomic E-state index is 12.6. The summed E-state index contributed by atoms with van der Waals surface area (Å²) in [4.78, 5) is 14.4. The van der Waals surface area contributed by atoms with Gasteiger partial charge in [-0.3, -0.25) is 4.79 Å². The first kappa shape index (κ1) is 21.3. The summed E-state index contributed by atoms with van der Waals surface area (Å²) < 4.78 is 21.6. The van der Waals surface area contributed by atoms with Crippen LogP contribution in [0.25, 0.3) is 11.6 Å². The van der Waals surface area contributed by atoms with Crippen LogP contribution in [-0.4, -0.2) is 52.3 Å². The fourth-order valence-electron chi connectivity index (χ4n) is 3.41. The minimum absolute atomic E-state index is 0.0187. The van der Waals surface area contributed by atoms with Gasteiger partial charge in [-0.2, -0.15) is 0 Å². The maximum Gasteiger partial charge on any atom is 0.246 e. The normalized spacial score (nSPS) is 13.7. The second-order valence-electron chi connectivity index (χ2n) is 6.78. The lowest BCUT2D eigenvalue weighted by Crippen LogP contribution is -2.33. The molecule has 1 aliphatic heterocycles. The van der Waals surface area contributed by atoms with Crippen LogP contribution in [0.4, 0.5) is 0 Å². The molecule has 0 saturated heterocycles. The Morgan fingerprint density at radius 2 is 1.53 bits per heavy atom. The second kappa shape index (κ2) is 9.87. The molecule has 1 amide bonds. The highest BCUT2D eigenvalue weighted by atomic mass is 16.5. The number of hydrogen-bond donors (Lipinski definition) is 0. The zero-order valence-corrected chi connectivity index (χ0v) is 17.8. The first-order valence-electron chi connectivity index (χ1n) is 9.70. The van der Waals surface area contributed by atoms with Crippen molar-refractivity contribution in [3.05, 3.63) is 59.7 Å². The molecule has 3 rings (SSSR count). The molecule has 0 fully saturated rings. The van der Waals surface area contributed by atoms with Crippen LogP contribution in [0.3, 0.4) is 0 Å². The smallest absolute Gasteiger partial charge is 0.246 e. The molecule has 6 heteroatoms. The molecule has 0 spiro atoms. The molecule has 0 radical (unpaired) electrons. The quantitative estimate of drug-likeness (QED) is 0.646. The Hall–Kier alpha value is -3.41. The molecule has 0 bridgehead atoms. The van der Waals surface area contributed by atoms with Gasteiger partial charge in [0.1, 0.15) is 23.0 Å². The van der Waals surface area contributed by atoms with Crippen molar-refractivity contribution in [3.8, 4) is 23.0 Å². The zero-order chi connectivity index (χ0) is 21.5. The standard InChI is InChI=1S/C24H27NO5/c1-27-19-8-5-17(6-9-19)7-10-23(26)25-13-11-18(12-14-25)24-21(29-3)15-20(28-2)16-22(24)30-4/h5-11,15-16H,12-14H2,1-4H3. The van der Waals surface area contributed by atoms with Crippen molar-refractivity contribution in [2.24, 2.45) is 0 Å². The molecular weight excluding hydrogens is 382 g/mol. The fourth-order valence-corrected chi connectivity index (χ4v) is 3.41. The summed E-state index contributed by atoms with van der Waals surface area (Å²) in [5.41, 5.74) is 2.95. The van der Waals surface area contributed by atoms with Crippen molar-refractivity contribution in [1.29, 1.82) is 0 Å². The van der Waals surface area contributed by atoms with E-state index in [-0.39, 0.29) is 5.91 Å². The van der Waals surface area contributed by atoms with Crippen LogP contribution in [0.1, 0.15) is 17.5 Å². The zero-order valence-electron chi connectivity index (χ0n) is 17.8. The van der Waals surface area contributed by atoms with Crippen molar-refractivity contribution >= 4 is 17.6 Å². The van der Waals surface area contributed by atoms with Crippen molar-refractivity contribution < 1.29 is 23.7 Å². The van der Waals surface area contributed by atoms with E-state index in [0.29, 0.717) is 36.8 Å². The van der Waals surface area contributed by atoms with E-state index in [1.54, 1.807) is 34.5 Å². The molecule has 158 valence electrons. The monoisotopic (exact) mass is 409 g/mol. The third-order valence-corrected chi connectivity index (χ3v) is 5.09. The largest absolute Gasteiger partial charge is 0.497 e. The Morgan fingerprint density at radius 1 is 0.900 bits per heavy atom. The van der Waals surface area contributed by atoms with Crippen LogP contribution in [0.15, 0.2) is 48.6 Å². The van der Waals surface area contributed by atoms with Crippen LogP contribution >= 0.6 is 0 Å². The number of hydrogen-bond acceptors (Lipinski definition) is 5. The van der Waals surface area contributed by atoms with E-state index in [4.69, 9.17) is 18.9 Å². The van der Waals surface area contributed by atoms with Gasteiger partial charge in [0.2, 0.25) is 5.91 Å². The molecule has 0 N–H and O–H groups in total. The molecule has 1 heterocycles. The molecule has 0 saturated carbocycles. The summed E-state index contributed by atoms with van der Waals surface area (Å²) in [6.07, 6.45) is 6.18. The van der Waals surface area contributed by atoms with E-state index in [1.807, 2.05) is 47.4 Å². The van der Waals surface area contributed by atoms with E-state index in [9.17, 15) is 4.79 Å². The van der Waals surface area contributed by atoms with Crippen LogP contribution < -0.4 is 18.9 Å². The molecule has 0 atom stereocenters. The van der Waals surface area contributed by atoms with Gasteiger partial charge in [-0.15, -0.1) is 0 Å². The number of methoxy groups -OCH3 is 4. The Balaban J connectivity index is 1.73. The Kier molecular flexibility index (Phi) is 7.01. The Bertz CT molecular complexity index is 922. The predicted octanol–water partition coefficient (Wildman–Crippen LogP) is 4.05. The van der Waals surface area contributed by atoms with Gasteiger partial charge < -0.3 is 23.8 Å². The molecule has 2 aromatic carbocycles. The molecule has 30 heavy (non-hydrogen) atoms. The summed E-state index contributed by atoms with van der Waals surface area (Å²) in [5.74, 6) is 2.82. The van der Waals surface area contributed by atoms with Gasteiger partial charge in [-0.05, 0) is 35.8 Å². The lowest BCUT2D eigenvalue weighted by Gasteiger charge is -2.27. The first-order chi connectivity index (χ1) is 14.6. The highest BCUT2D eigenvalue weighted by Gasteiger charge is 2.22. The summed E-state index contributed by atoms with van der Waals surface area (Å²) in [7, 11) is 6.49. The van der Waals surface area contributed by atoms with E-state index in [0.717, 1.165) is 22.4 Å². The van der Waals surface area contributed by atoms with Gasteiger partial charge in [0.25, 0.3) is 0 Å². The average molecular weight is 409 g/mol. The molecule has 6 nitrogen and oxygen atoms in total. The highest BCUT2D eigenvalue weighted by Crippen LogP contribution is 2.40. The third kappa shape index (κ3) is 4.76. The molecule has 0 unspecified atom stereocenters. The number of amides is 1. The lowest BCUT2D eigenvalue weighted by atomic mass is 9.97. The molecule has 1 aliphatic rings. The van der Waals surface area contributed by atoms with Gasteiger partial charge in [0.15, 0.2) is 0 Å². The van der Waals surface area contributed by atoms with Gasteiger partial charge in [0, 0.05) is 31.3 Å². The number of carbonyl (C=O) groups is 1. The van der Waals surface area contributed by atoms with E-state index >= 15 is 0 Å². The van der Waals surface area contributed by atoms with Crippen LogP contribution in [0.5, 0.6) is 23.0 Å². The molecule has 0 aromatic heterocycles. The predicted molar refractivity (Wildman–Crippen MR) is 117 cm³/mol. The topological polar surface area (TPSA) is 57.2 Å². The van der Waals surface area contributed by atoms with E-state index < -0.39 is 0 Å². The number of ether oxygens (including phenoxy) is 4. The van der Waals surface area contributed by atoms with Crippen molar-refractivity contribution in [1.82, 2.24) is 4.90 Å². The van der Waals surface area contributed by atoms with Crippen LogP contribution in [0.2, 0.25) is 0 Å². The average Bonchev–Trinajstić information content (AvgIpc) is 2.81. The number of rotatable bonds is 7. The SMILES string of the molecule is COc1ccc(C=CC(=O)N2CC=C(c3c(OC)cc(OC)cc3OC)CC2)cc1. The van der Waals surface area contributed by atoms with Gasteiger partial charge in [-0.1, -0.05) is 18.2 Å². The number of benzene rings is 2. The Labute approximate surface area is 177 Å². The number of carbonyl (C=O) groups excluding carboxylic acids is 1. The minimum Gasteiger partial charge on any atom is -0.497 e. The molecule has 0 aliphatic carbocycles. The molecular formula is C24H27NO5. The second-order valence-corrected chi connectivity index (χ2v) is 6.78. The third-order valence-electron chi connectivity index (χ3n) is 5.09. The van der Waals surface area contributed by atoms with Crippen LogP contribution in [-0.2, 0) is 4.79 Å². The molecule has 2 aromatic rings. The Morgan fingerprint density at radius 3 is 2.03 bits per heavy atom. The van der Waals surface area contributed by atoms with Gasteiger partial charge in [-0.25, -0.2) is 0 Å². The highest BCUT2D eigenvalue weighted by molar-refractivity contribution is 5.92. The van der Waals surface area contributed by atoms with Crippen molar-refractivity contribution in [3.63, 3.8) is 0 Å².